The number of halogens is 1. The third-order valence-corrected chi connectivity index (χ3v) is 3.26. The summed E-state index contributed by atoms with van der Waals surface area (Å²) in [6.45, 7) is 5.17. The van der Waals surface area contributed by atoms with Crippen molar-refractivity contribution in [2.75, 3.05) is 11.9 Å². The van der Waals surface area contributed by atoms with E-state index in [9.17, 15) is 4.79 Å². The minimum absolute atomic E-state index is 0.239. The van der Waals surface area contributed by atoms with Crippen LogP contribution in [0.2, 0.25) is 5.02 Å². The summed E-state index contributed by atoms with van der Waals surface area (Å²) in [6, 6.07) is 11.4. The predicted molar refractivity (Wildman–Crippen MR) is 85.8 cm³/mol. The Morgan fingerprint density at radius 2 is 2.10 bits per heavy atom. The molecule has 0 unspecified atom stereocenters. The van der Waals surface area contributed by atoms with E-state index < -0.39 is 0 Å². The van der Waals surface area contributed by atoms with Crippen LogP contribution in [-0.2, 0) is 6.54 Å². The topological polar surface area (TPSA) is 54.0 Å². The van der Waals surface area contributed by atoms with Gasteiger partial charge in [0.05, 0.1) is 5.02 Å². The van der Waals surface area contributed by atoms with Crippen LogP contribution in [0.15, 0.2) is 36.4 Å². The molecule has 0 radical (unpaired) electrons. The van der Waals surface area contributed by atoms with Crippen LogP contribution in [0, 0.1) is 6.92 Å². The van der Waals surface area contributed by atoms with Gasteiger partial charge in [0.15, 0.2) is 0 Å². The number of hydrogen-bond donors (Lipinski definition) is 2. The van der Waals surface area contributed by atoms with E-state index in [-0.39, 0.29) is 11.6 Å². The van der Waals surface area contributed by atoms with Gasteiger partial charge in [-0.2, -0.15) is 0 Å². The van der Waals surface area contributed by atoms with E-state index in [2.05, 4.69) is 15.6 Å². The van der Waals surface area contributed by atoms with Gasteiger partial charge in [-0.3, -0.25) is 4.79 Å². The monoisotopic (exact) mass is 303 g/mol. The molecule has 110 valence electrons. The summed E-state index contributed by atoms with van der Waals surface area (Å²) in [7, 11) is 0. The number of amides is 1. The number of nitrogens with one attached hydrogen (secondary N) is 2. The van der Waals surface area contributed by atoms with Gasteiger partial charge in [0, 0.05) is 13.1 Å². The highest BCUT2D eigenvalue weighted by Crippen LogP contribution is 2.16. The fourth-order valence-electron chi connectivity index (χ4n) is 1.97. The van der Waals surface area contributed by atoms with Gasteiger partial charge in [0.2, 0.25) is 0 Å². The maximum atomic E-state index is 12.2. The van der Waals surface area contributed by atoms with Gasteiger partial charge in [0.25, 0.3) is 5.91 Å². The molecule has 0 aliphatic carbocycles. The van der Waals surface area contributed by atoms with E-state index in [4.69, 9.17) is 11.6 Å². The van der Waals surface area contributed by atoms with Crippen LogP contribution in [0.25, 0.3) is 0 Å². The summed E-state index contributed by atoms with van der Waals surface area (Å²) in [6.07, 6.45) is 0. The van der Waals surface area contributed by atoms with Crippen molar-refractivity contribution in [3.63, 3.8) is 0 Å². The normalized spacial score (nSPS) is 10.2. The van der Waals surface area contributed by atoms with Gasteiger partial charge in [-0.05, 0) is 31.5 Å². The van der Waals surface area contributed by atoms with Crippen LogP contribution in [0.4, 0.5) is 5.82 Å². The van der Waals surface area contributed by atoms with Crippen molar-refractivity contribution in [2.45, 2.75) is 20.4 Å². The molecule has 0 spiro atoms. The van der Waals surface area contributed by atoms with E-state index in [1.54, 1.807) is 12.1 Å². The maximum absolute atomic E-state index is 12.2. The average Bonchev–Trinajstić information content (AvgIpc) is 2.47. The van der Waals surface area contributed by atoms with E-state index in [0.29, 0.717) is 17.4 Å². The number of nitrogens with zero attached hydrogens (tertiary/aromatic N) is 1. The van der Waals surface area contributed by atoms with Crippen molar-refractivity contribution in [2.24, 2.45) is 0 Å². The van der Waals surface area contributed by atoms with E-state index in [1.807, 2.05) is 38.1 Å². The third kappa shape index (κ3) is 4.20. The van der Waals surface area contributed by atoms with Crippen LogP contribution in [0.5, 0.6) is 0 Å². The molecule has 0 saturated carbocycles. The zero-order valence-electron chi connectivity index (χ0n) is 12.1. The fraction of sp³-hybridized carbons (Fsp3) is 0.250. The average molecular weight is 304 g/mol. The predicted octanol–water partition coefficient (Wildman–Crippen LogP) is 3.41. The molecule has 5 heteroatoms. The van der Waals surface area contributed by atoms with Crippen molar-refractivity contribution in [1.82, 2.24) is 10.3 Å². The molecule has 2 N–H and O–H groups in total. The highest BCUT2D eigenvalue weighted by atomic mass is 35.5. The number of aryl methyl sites for hydroxylation is 1. The van der Waals surface area contributed by atoms with Crippen LogP contribution in [0.1, 0.15) is 28.5 Å². The van der Waals surface area contributed by atoms with E-state index in [1.165, 1.54) is 0 Å². The van der Waals surface area contributed by atoms with Crippen molar-refractivity contribution < 1.29 is 4.79 Å². The first-order valence-corrected chi connectivity index (χ1v) is 7.22. The van der Waals surface area contributed by atoms with E-state index in [0.717, 1.165) is 17.7 Å². The van der Waals surface area contributed by atoms with Gasteiger partial charge in [-0.1, -0.05) is 41.4 Å². The summed E-state index contributed by atoms with van der Waals surface area (Å²) in [5.74, 6) is 0.365. The zero-order chi connectivity index (χ0) is 15.2. The first-order chi connectivity index (χ1) is 10.1. The molecule has 0 atom stereocenters. The lowest BCUT2D eigenvalue weighted by atomic mass is 10.1. The Labute approximate surface area is 129 Å². The SMILES string of the molecule is CCNc1ccc(Cl)c(C(=O)NCc2cccc(C)c2)n1. The number of rotatable bonds is 5. The minimum Gasteiger partial charge on any atom is -0.370 e. The molecular weight excluding hydrogens is 286 g/mol. The molecule has 1 heterocycles. The second-order valence-electron chi connectivity index (χ2n) is 4.73. The third-order valence-electron chi connectivity index (χ3n) is 2.95. The van der Waals surface area contributed by atoms with Crippen molar-refractivity contribution >= 4 is 23.3 Å². The van der Waals surface area contributed by atoms with Gasteiger partial charge < -0.3 is 10.6 Å². The number of pyridine rings is 1. The van der Waals surface area contributed by atoms with Crippen LogP contribution in [-0.4, -0.2) is 17.4 Å². The summed E-state index contributed by atoms with van der Waals surface area (Å²) >= 11 is 6.05. The molecule has 2 rings (SSSR count). The lowest BCUT2D eigenvalue weighted by Gasteiger charge is -2.09. The molecule has 1 aromatic heterocycles. The number of carbonyl (C=O) groups is 1. The number of aromatic nitrogens is 1. The molecule has 1 aromatic carbocycles. The first-order valence-electron chi connectivity index (χ1n) is 6.84. The molecule has 2 aromatic rings. The molecule has 1 amide bonds. The standard InChI is InChI=1S/C16H18ClN3O/c1-3-18-14-8-7-13(17)15(20-14)16(21)19-10-12-6-4-5-11(2)9-12/h4-9H,3,10H2,1-2H3,(H,18,20)(H,19,21). The molecule has 0 aliphatic rings. The van der Waals surface area contributed by atoms with Crippen LogP contribution in [0.3, 0.4) is 0 Å². The summed E-state index contributed by atoms with van der Waals surface area (Å²) in [5, 5.41) is 6.25. The molecular formula is C16H18ClN3O. The fourth-order valence-corrected chi connectivity index (χ4v) is 2.16. The Morgan fingerprint density at radius 3 is 2.81 bits per heavy atom. The van der Waals surface area contributed by atoms with Crippen molar-refractivity contribution in [1.29, 1.82) is 0 Å². The molecule has 0 saturated heterocycles. The Balaban J connectivity index is 2.07. The number of anilines is 1. The van der Waals surface area contributed by atoms with E-state index >= 15 is 0 Å². The molecule has 0 fully saturated rings. The lowest BCUT2D eigenvalue weighted by molar-refractivity contribution is 0.0946. The first kappa shape index (κ1) is 15.3. The Kier molecular flexibility index (Phi) is 5.17. The number of carbonyl (C=O) groups excluding carboxylic acids is 1. The molecule has 0 aliphatic heterocycles. The van der Waals surface area contributed by atoms with Gasteiger partial charge in [0.1, 0.15) is 11.5 Å². The zero-order valence-corrected chi connectivity index (χ0v) is 12.9. The van der Waals surface area contributed by atoms with Gasteiger partial charge in [-0.25, -0.2) is 4.98 Å². The summed E-state index contributed by atoms with van der Waals surface area (Å²) in [5.41, 5.74) is 2.44. The number of hydrogen-bond acceptors (Lipinski definition) is 3. The second-order valence-corrected chi connectivity index (χ2v) is 5.14. The largest absolute Gasteiger partial charge is 0.370 e. The quantitative estimate of drug-likeness (QED) is 0.890. The summed E-state index contributed by atoms with van der Waals surface area (Å²) in [4.78, 5) is 16.4. The maximum Gasteiger partial charge on any atom is 0.271 e. The lowest BCUT2D eigenvalue weighted by Crippen LogP contribution is -2.24. The van der Waals surface area contributed by atoms with Gasteiger partial charge in [-0.15, -0.1) is 0 Å². The molecule has 21 heavy (non-hydrogen) atoms. The summed E-state index contributed by atoms with van der Waals surface area (Å²) < 4.78 is 0. The molecule has 0 bridgehead atoms. The highest BCUT2D eigenvalue weighted by Gasteiger charge is 2.12. The van der Waals surface area contributed by atoms with Gasteiger partial charge >= 0.3 is 0 Å². The Morgan fingerprint density at radius 1 is 1.29 bits per heavy atom. The molecule has 4 nitrogen and oxygen atoms in total. The van der Waals surface area contributed by atoms with Crippen LogP contribution >= 0.6 is 11.6 Å². The number of benzene rings is 1. The van der Waals surface area contributed by atoms with Crippen LogP contribution < -0.4 is 10.6 Å². The second kappa shape index (κ2) is 7.09. The smallest absolute Gasteiger partial charge is 0.271 e. The Hall–Kier alpha value is -2.07. The highest BCUT2D eigenvalue weighted by molar-refractivity contribution is 6.33. The Bertz CT molecular complexity index is 643. The van der Waals surface area contributed by atoms with Crippen molar-refractivity contribution in [3.8, 4) is 0 Å². The van der Waals surface area contributed by atoms with Crippen molar-refractivity contribution in [3.05, 3.63) is 58.2 Å². The minimum atomic E-state index is -0.277.